The van der Waals surface area contributed by atoms with Crippen LogP contribution in [0.5, 0.6) is 5.75 Å². The van der Waals surface area contributed by atoms with E-state index >= 15 is 0 Å². The predicted molar refractivity (Wildman–Crippen MR) is 105 cm³/mol. The molecule has 0 aliphatic rings. The van der Waals surface area contributed by atoms with Crippen LogP contribution < -0.4 is 10.1 Å². The summed E-state index contributed by atoms with van der Waals surface area (Å²) in [5.41, 5.74) is 1.76. The van der Waals surface area contributed by atoms with E-state index in [2.05, 4.69) is 10.3 Å². The Kier molecular flexibility index (Phi) is 5.85. The molecule has 144 valence electrons. The number of nitrogens with one attached hydrogen (secondary N) is 1. The number of nitro benzene ring substituents is 1. The summed E-state index contributed by atoms with van der Waals surface area (Å²) in [6.07, 6.45) is 0. The van der Waals surface area contributed by atoms with E-state index in [9.17, 15) is 14.9 Å². The van der Waals surface area contributed by atoms with Crippen LogP contribution in [-0.4, -0.2) is 23.0 Å². The zero-order chi connectivity index (χ0) is 20.1. The van der Waals surface area contributed by atoms with E-state index in [1.54, 1.807) is 12.5 Å². The lowest BCUT2D eigenvalue weighted by atomic mass is 10.1. The van der Waals surface area contributed by atoms with Crippen molar-refractivity contribution in [3.05, 3.63) is 74.8 Å². The Morgan fingerprint density at radius 2 is 2.00 bits per heavy atom. The number of rotatable bonds is 7. The molecule has 0 radical (unpaired) electrons. The molecule has 0 amide bonds. The molecule has 1 aromatic heterocycles. The highest BCUT2D eigenvalue weighted by Gasteiger charge is 2.19. The van der Waals surface area contributed by atoms with E-state index < -0.39 is 10.9 Å². The maximum absolute atomic E-state index is 12.3. The number of hydrogen-bond acceptors (Lipinski definition) is 8. The second-order valence-electron chi connectivity index (χ2n) is 5.78. The number of benzene rings is 2. The second-order valence-corrected chi connectivity index (χ2v) is 6.64. The summed E-state index contributed by atoms with van der Waals surface area (Å²) < 4.78 is 10.4. The monoisotopic (exact) mass is 399 g/mol. The first-order valence-electron chi connectivity index (χ1n) is 8.24. The normalized spacial score (nSPS) is 10.4. The average Bonchev–Trinajstić information content (AvgIpc) is 3.14. The molecule has 9 heteroatoms. The first kappa shape index (κ1) is 19.3. The molecule has 0 saturated carbocycles. The zero-order valence-corrected chi connectivity index (χ0v) is 16.0. The molecular weight excluding hydrogens is 382 g/mol. The van der Waals surface area contributed by atoms with Crippen molar-refractivity contribution in [2.75, 3.05) is 12.4 Å². The number of thiazole rings is 1. The molecule has 0 atom stereocenters. The summed E-state index contributed by atoms with van der Waals surface area (Å²) in [6.45, 7) is 1.50. The van der Waals surface area contributed by atoms with Gasteiger partial charge in [-0.1, -0.05) is 6.07 Å². The Balaban J connectivity index is 1.62. The fourth-order valence-electron chi connectivity index (χ4n) is 2.49. The third kappa shape index (κ3) is 4.44. The summed E-state index contributed by atoms with van der Waals surface area (Å²) >= 11 is 1.38. The van der Waals surface area contributed by atoms with Crippen molar-refractivity contribution in [3.63, 3.8) is 0 Å². The fraction of sp³-hybridized carbons (Fsp3) is 0.158. The van der Waals surface area contributed by atoms with Crippen molar-refractivity contribution >= 4 is 33.8 Å². The highest BCUT2D eigenvalue weighted by Crippen LogP contribution is 2.24. The third-order valence-corrected chi connectivity index (χ3v) is 4.77. The minimum Gasteiger partial charge on any atom is -0.497 e. The second kappa shape index (κ2) is 8.49. The van der Waals surface area contributed by atoms with Crippen LogP contribution in [0.25, 0.3) is 0 Å². The molecule has 0 saturated heterocycles. The van der Waals surface area contributed by atoms with E-state index in [-0.39, 0.29) is 23.4 Å². The summed E-state index contributed by atoms with van der Waals surface area (Å²) in [5.74, 6) is 0.132. The number of nitrogens with zero attached hydrogens (tertiary/aromatic N) is 2. The molecular formula is C19H17N3O5S. The maximum atomic E-state index is 12.3. The Bertz CT molecular complexity index is 1000. The van der Waals surface area contributed by atoms with Crippen LogP contribution >= 0.6 is 11.3 Å². The standard InChI is InChI=1S/C19H17N3O5S/c1-12-16(4-3-5-17(12)22(24)25)18(23)27-10-14-11-28-19(21-14)20-13-6-8-15(26-2)9-7-13/h3-9,11H,10H2,1-2H3,(H,20,21). The third-order valence-electron chi connectivity index (χ3n) is 3.97. The SMILES string of the molecule is COc1ccc(Nc2nc(COC(=O)c3cccc([N+](=O)[O-])c3C)cs2)cc1. The van der Waals surface area contributed by atoms with Gasteiger partial charge in [-0.3, -0.25) is 10.1 Å². The predicted octanol–water partition coefficient (Wildman–Crippen LogP) is 4.47. The van der Waals surface area contributed by atoms with Crippen LogP contribution in [0.3, 0.4) is 0 Å². The summed E-state index contributed by atoms with van der Waals surface area (Å²) in [7, 11) is 1.60. The molecule has 2 aromatic carbocycles. The molecule has 0 fully saturated rings. The van der Waals surface area contributed by atoms with E-state index in [0.717, 1.165) is 11.4 Å². The number of carbonyl (C=O) groups excluding carboxylic acids is 1. The van der Waals surface area contributed by atoms with Gasteiger partial charge in [0.15, 0.2) is 5.13 Å². The van der Waals surface area contributed by atoms with Crippen LogP contribution in [0.1, 0.15) is 21.6 Å². The number of carbonyl (C=O) groups is 1. The van der Waals surface area contributed by atoms with Gasteiger partial charge in [-0.25, -0.2) is 9.78 Å². The van der Waals surface area contributed by atoms with Crippen molar-refractivity contribution in [3.8, 4) is 5.75 Å². The lowest BCUT2D eigenvalue weighted by molar-refractivity contribution is -0.385. The Morgan fingerprint density at radius 3 is 2.68 bits per heavy atom. The average molecular weight is 399 g/mol. The van der Waals surface area contributed by atoms with Gasteiger partial charge >= 0.3 is 5.97 Å². The van der Waals surface area contributed by atoms with Crippen molar-refractivity contribution < 1.29 is 19.2 Å². The fourth-order valence-corrected chi connectivity index (χ4v) is 3.20. The summed E-state index contributed by atoms with van der Waals surface area (Å²) in [6, 6.07) is 11.7. The molecule has 3 aromatic rings. The molecule has 28 heavy (non-hydrogen) atoms. The van der Waals surface area contributed by atoms with Gasteiger partial charge in [0.05, 0.1) is 23.3 Å². The molecule has 0 aliphatic carbocycles. The molecule has 0 aliphatic heterocycles. The Hall–Kier alpha value is -3.46. The maximum Gasteiger partial charge on any atom is 0.339 e. The molecule has 3 rings (SSSR count). The highest BCUT2D eigenvalue weighted by molar-refractivity contribution is 7.13. The smallest absolute Gasteiger partial charge is 0.339 e. The topological polar surface area (TPSA) is 104 Å². The largest absolute Gasteiger partial charge is 0.497 e. The van der Waals surface area contributed by atoms with Gasteiger partial charge in [0.2, 0.25) is 0 Å². The quantitative estimate of drug-likeness (QED) is 0.355. The first-order chi connectivity index (χ1) is 13.5. The van der Waals surface area contributed by atoms with Crippen LogP contribution in [0.15, 0.2) is 47.8 Å². The van der Waals surface area contributed by atoms with E-state index in [0.29, 0.717) is 10.8 Å². The van der Waals surface area contributed by atoms with Crippen molar-refractivity contribution in [1.82, 2.24) is 4.98 Å². The molecule has 8 nitrogen and oxygen atoms in total. The number of hydrogen-bond donors (Lipinski definition) is 1. The number of anilines is 2. The lowest BCUT2D eigenvalue weighted by Gasteiger charge is -2.06. The molecule has 0 unspecified atom stereocenters. The van der Waals surface area contributed by atoms with Gasteiger partial charge in [0.1, 0.15) is 12.4 Å². The number of methoxy groups -OCH3 is 1. The van der Waals surface area contributed by atoms with Crippen molar-refractivity contribution in [1.29, 1.82) is 0 Å². The molecule has 1 heterocycles. The minimum absolute atomic E-state index is 0.0260. The van der Waals surface area contributed by atoms with E-state index in [1.165, 1.54) is 36.5 Å². The summed E-state index contributed by atoms with van der Waals surface area (Å²) in [5, 5.41) is 16.6. The number of ether oxygens (including phenoxy) is 2. The number of nitro groups is 1. The number of aromatic nitrogens is 1. The van der Waals surface area contributed by atoms with Crippen molar-refractivity contribution in [2.45, 2.75) is 13.5 Å². The van der Waals surface area contributed by atoms with Gasteiger partial charge in [-0.05, 0) is 37.3 Å². The van der Waals surface area contributed by atoms with Gasteiger partial charge < -0.3 is 14.8 Å². The molecule has 1 N–H and O–H groups in total. The van der Waals surface area contributed by atoms with Crippen LogP contribution in [0, 0.1) is 17.0 Å². The Labute approximate surface area is 164 Å². The number of esters is 1. The Morgan fingerprint density at radius 1 is 1.25 bits per heavy atom. The van der Waals surface area contributed by atoms with Crippen LogP contribution in [0.2, 0.25) is 0 Å². The zero-order valence-electron chi connectivity index (χ0n) is 15.2. The van der Waals surface area contributed by atoms with Gasteiger partial charge in [0.25, 0.3) is 5.69 Å². The van der Waals surface area contributed by atoms with Crippen LogP contribution in [0.4, 0.5) is 16.5 Å². The van der Waals surface area contributed by atoms with Gasteiger partial charge in [0, 0.05) is 22.7 Å². The van der Waals surface area contributed by atoms with Crippen molar-refractivity contribution in [2.24, 2.45) is 0 Å². The van der Waals surface area contributed by atoms with Crippen LogP contribution in [-0.2, 0) is 11.3 Å². The van der Waals surface area contributed by atoms with E-state index in [4.69, 9.17) is 9.47 Å². The minimum atomic E-state index is -0.626. The van der Waals surface area contributed by atoms with E-state index in [1.807, 2.05) is 24.3 Å². The highest BCUT2D eigenvalue weighted by atomic mass is 32.1. The molecule has 0 bridgehead atoms. The van der Waals surface area contributed by atoms with Gasteiger partial charge in [-0.15, -0.1) is 11.3 Å². The van der Waals surface area contributed by atoms with Gasteiger partial charge in [-0.2, -0.15) is 0 Å². The summed E-state index contributed by atoms with van der Waals surface area (Å²) in [4.78, 5) is 27.1. The lowest BCUT2D eigenvalue weighted by Crippen LogP contribution is -2.08. The molecule has 0 spiro atoms. The first-order valence-corrected chi connectivity index (χ1v) is 9.12.